The molecule has 1 aliphatic carbocycles. The van der Waals surface area contributed by atoms with Gasteiger partial charge in [0.1, 0.15) is 17.7 Å². The molecule has 148 valence electrons. The fourth-order valence-electron chi connectivity index (χ4n) is 3.51. The van der Waals surface area contributed by atoms with Crippen molar-refractivity contribution in [2.24, 2.45) is 5.92 Å². The van der Waals surface area contributed by atoms with Gasteiger partial charge < -0.3 is 9.47 Å². The van der Waals surface area contributed by atoms with Gasteiger partial charge in [-0.05, 0) is 32.3 Å². The smallest absolute Gasteiger partial charge is 0.424 e. The lowest BCUT2D eigenvalue weighted by Gasteiger charge is -2.27. The number of cyclic esters (lactones) is 1. The average Bonchev–Trinajstić information content (AvgIpc) is 2.90. The van der Waals surface area contributed by atoms with E-state index in [0.29, 0.717) is 4.31 Å². The Bertz CT molecular complexity index is 848. The van der Waals surface area contributed by atoms with Crippen LogP contribution in [0.1, 0.15) is 39.2 Å². The second-order valence-electron chi connectivity index (χ2n) is 7.84. The molecule has 1 saturated heterocycles. The zero-order valence-electron chi connectivity index (χ0n) is 15.8. The number of nitrogens with zero attached hydrogens (tertiary/aromatic N) is 1. The Kier molecular flexibility index (Phi) is 4.72. The highest BCUT2D eigenvalue weighted by atomic mass is 32.2. The summed E-state index contributed by atoms with van der Waals surface area (Å²) in [5.74, 6) is -1.41. The normalized spacial score (nSPS) is 28.0. The topological polar surface area (TPSA) is 102 Å². The Morgan fingerprint density at radius 2 is 1.93 bits per heavy atom. The van der Waals surface area contributed by atoms with Crippen molar-refractivity contribution in [1.82, 2.24) is 9.03 Å². The fourth-order valence-corrected chi connectivity index (χ4v) is 5.01. The first kappa shape index (κ1) is 19.6. The monoisotopic (exact) mass is 396 g/mol. The number of amides is 1. The van der Waals surface area contributed by atoms with Crippen LogP contribution in [0.3, 0.4) is 0 Å². The summed E-state index contributed by atoms with van der Waals surface area (Å²) in [4.78, 5) is 24.8. The second kappa shape index (κ2) is 6.49. The van der Waals surface area contributed by atoms with Crippen LogP contribution < -0.4 is 4.72 Å². The molecule has 2 aliphatic rings. The highest BCUT2D eigenvalue weighted by molar-refractivity contribution is 7.87. The maximum Gasteiger partial charge on any atom is 0.424 e. The van der Waals surface area contributed by atoms with E-state index in [1.165, 1.54) is 0 Å². The maximum absolute atomic E-state index is 13.0. The van der Waals surface area contributed by atoms with Crippen molar-refractivity contribution in [2.45, 2.75) is 44.8 Å². The Morgan fingerprint density at radius 3 is 2.44 bits per heavy atom. The predicted octanol–water partition coefficient (Wildman–Crippen LogP) is 1.79. The van der Waals surface area contributed by atoms with Crippen molar-refractivity contribution in [3.05, 3.63) is 35.9 Å². The van der Waals surface area contributed by atoms with Crippen molar-refractivity contribution < 1.29 is 27.5 Å². The van der Waals surface area contributed by atoms with Gasteiger partial charge in [0.25, 0.3) is 0 Å². The van der Waals surface area contributed by atoms with Gasteiger partial charge in [-0.3, -0.25) is 0 Å². The molecular weight excluding hydrogens is 372 g/mol. The van der Waals surface area contributed by atoms with Crippen molar-refractivity contribution in [2.75, 3.05) is 13.2 Å². The Balaban J connectivity index is 1.97. The highest BCUT2D eigenvalue weighted by Gasteiger charge is 2.71. The number of rotatable bonds is 5. The summed E-state index contributed by atoms with van der Waals surface area (Å²) in [5, 5.41) is 0. The van der Waals surface area contributed by atoms with Crippen LogP contribution in [-0.2, 0) is 24.5 Å². The molecule has 3 atom stereocenters. The van der Waals surface area contributed by atoms with Crippen LogP contribution in [-0.4, -0.2) is 49.1 Å². The van der Waals surface area contributed by atoms with E-state index in [9.17, 15) is 18.0 Å². The van der Waals surface area contributed by atoms with E-state index in [0.717, 1.165) is 5.56 Å². The number of nitrogens with one attached hydrogen (secondary N) is 1. The van der Waals surface area contributed by atoms with Crippen molar-refractivity contribution >= 4 is 22.3 Å². The zero-order chi connectivity index (χ0) is 20.0. The van der Waals surface area contributed by atoms with E-state index < -0.39 is 39.3 Å². The van der Waals surface area contributed by atoms with Gasteiger partial charge in [0.15, 0.2) is 0 Å². The first-order chi connectivity index (χ1) is 12.5. The molecule has 1 heterocycles. The lowest BCUT2D eigenvalue weighted by molar-refractivity contribution is -0.158. The molecule has 1 saturated carbocycles. The molecule has 2 fully saturated rings. The summed E-state index contributed by atoms with van der Waals surface area (Å²) in [6.45, 7) is 6.83. The number of esters is 1. The van der Waals surface area contributed by atoms with E-state index in [4.69, 9.17) is 9.47 Å². The molecule has 3 rings (SSSR count). The molecule has 0 bridgehead atoms. The summed E-state index contributed by atoms with van der Waals surface area (Å²) in [6.07, 6.45) is -0.952. The molecule has 27 heavy (non-hydrogen) atoms. The van der Waals surface area contributed by atoms with Crippen molar-refractivity contribution in [3.63, 3.8) is 0 Å². The van der Waals surface area contributed by atoms with E-state index in [-0.39, 0.29) is 19.1 Å². The number of hydrogen-bond acceptors (Lipinski definition) is 6. The third-order valence-corrected chi connectivity index (χ3v) is 6.31. The van der Waals surface area contributed by atoms with Gasteiger partial charge in [-0.15, -0.1) is 0 Å². The predicted molar refractivity (Wildman–Crippen MR) is 97.0 cm³/mol. The van der Waals surface area contributed by atoms with Gasteiger partial charge in [0.05, 0.1) is 6.54 Å². The first-order valence-electron chi connectivity index (χ1n) is 8.76. The number of carbonyl (C=O) groups is 2. The molecule has 1 aromatic carbocycles. The minimum absolute atomic E-state index is 0.0170. The van der Waals surface area contributed by atoms with Crippen LogP contribution in [0.5, 0.6) is 0 Å². The van der Waals surface area contributed by atoms with Gasteiger partial charge in [-0.25, -0.2) is 9.59 Å². The summed E-state index contributed by atoms with van der Waals surface area (Å²) >= 11 is 0. The van der Waals surface area contributed by atoms with E-state index >= 15 is 0 Å². The van der Waals surface area contributed by atoms with E-state index in [1.54, 1.807) is 27.7 Å². The van der Waals surface area contributed by atoms with Crippen LogP contribution in [0.2, 0.25) is 0 Å². The molecule has 0 spiro atoms. The lowest BCUT2D eigenvalue weighted by atomic mass is 10.1. The lowest BCUT2D eigenvalue weighted by Crippen LogP contribution is -2.53. The summed E-state index contributed by atoms with van der Waals surface area (Å²) in [5.41, 5.74) is -1.44. The summed E-state index contributed by atoms with van der Waals surface area (Å²) < 4.78 is 38.9. The number of carbonyl (C=O) groups excluding carboxylic acids is 2. The molecule has 1 amide bonds. The minimum Gasteiger partial charge on any atom is -0.459 e. The van der Waals surface area contributed by atoms with Crippen LogP contribution >= 0.6 is 0 Å². The quantitative estimate of drug-likeness (QED) is 0.762. The fraction of sp³-hybridized carbons (Fsp3) is 0.556. The number of benzene rings is 1. The summed E-state index contributed by atoms with van der Waals surface area (Å²) in [7, 11) is -4.27. The second-order valence-corrected chi connectivity index (χ2v) is 9.44. The Morgan fingerprint density at radius 1 is 1.30 bits per heavy atom. The molecule has 8 nitrogen and oxygen atoms in total. The molecule has 0 aromatic heterocycles. The number of ether oxygens (including phenoxy) is 2. The average molecular weight is 396 g/mol. The molecule has 1 N–H and O–H groups in total. The van der Waals surface area contributed by atoms with Gasteiger partial charge in [-0.1, -0.05) is 37.3 Å². The van der Waals surface area contributed by atoms with Gasteiger partial charge in [0, 0.05) is 5.92 Å². The molecular formula is C18H24N2O6S. The first-order valence-corrected chi connectivity index (χ1v) is 10.2. The van der Waals surface area contributed by atoms with Crippen LogP contribution in [0.4, 0.5) is 4.79 Å². The van der Waals surface area contributed by atoms with Crippen LogP contribution in [0.25, 0.3) is 0 Å². The largest absolute Gasteiger partial charge is 0.459 e. The van der Waals surface area contributed by atoms with Crippen molar-refractivity contribution in [1.29, 1.82) is 0 Å². The maximum atomic E-state index is 13.0. The zero-order valence-corrected chi connectivity index (χ0v) is 16.6. The third-order valence-electron chi connectivity index (χ3n) is 4.81. The van der Waals surface area contributed by atoms with E-state index in [1.807, 2.05) is 30.3 Å². The van der Waals surface area contributed by atoms with Crippen LogP contribution in [0, 0.1) is 5.92 Å². The molecule has 1 aliphatic heterocycles. The standard InChI is InChI=1S/C18H24N2O6S/c1-12-14(13-8-6-5-7-9-13)18(12,15(21)26-17(2,3)4)19-27(23,24)20-10-11-25-16(20)22/h5-9,12,14,19H,10-11H2,1-4H3/t12?,14-,18-/m0/s1. The van der Waals surface area contributed by atoms with Gasteiger partial charge >= 0.3 is 22.3 Å². The van der Waals surface area contributed by atoms with Gasteiger partial charge in [0.2, 0.25) is 0 Å². The SMILES string of the molecule is CC1[C@@H](c2ccccc2)[C@]1(NS(=O)(=O)N1CCOC1=O)C(=O)OC(C)(C)C. The molecule has 9 heteroatoms. The van der Waals surface area contributed by atoms with Crippen molar-refractivity contribution in [3.8, 4) is 0 Å². The van der Waals surface area contributed by atoms with Gasteiger partial charge in [-0.2, -0.15) is 17.4 Å². The molecule has 1 aromatic rings. The Hall–Kier alpha value is -2.13. The summed E-state index contributed by atoms with van der Waals surface area (Å²) in [6, 6.07) is 9.17. The highest BCUT2D eigenvalue weighted by Crippen LogP contribution is 2.58. The molecule has 0 radical (unpaired) electrons. The van der Waals surface area contributed by atoms with E-state index in [2.05, 4.69) is 4.72 Å². The third kappa shape index (κ3) is 3.53. The minimum atomic E-state index is -4.27. The number of hydrogen-bond donors (Lipinski definition) is 1. The van der Waals surface area contributed by atoms with Crippen LogP contribution in [0.15, 0.2) is 30.3 Å². The Labute approximate surface area is 159 Å². The molecule has 1 unspecified atom stereocenters.